The molecule has 2 saturated carbocycles. The maximum Gasteiger partial charge on any atom is 0.241 e. The number of benzene rings is 1. The first kappa shape index (κ1) is 28.3. The van der Waals surface area contributed by atoms with Gasteiger partial charge in [-0.05, 0) is 25.7 Å². The van der Waals surface area contributed by atoms with Crippen LogP contribution in [0.15, 0.2) is 34.9 Å². The van der Waals surface area contributed by atoms with Crippen LogP contribution in [0.25, 0.3) is 11.4 Å². The van der Waals surface area contributed by atoms with E-state index in [0.717, 1.165) is 23.8 Å². The summed E-state index contributed by atoms with van der Waals surface area (Å²) in [6.07, 6.45) is 30.7. The molecule has 1 heterocycles. The van der Waals surface area contributed by atoms with Gasteiger partial charge in [0.15, 0.2) is 0 Å². The summed E-state index contributed by atoms with van der Waals surface area (Å²) in [6.45, 7) is 0.815. The van der Waals surface area contributed by atoms with Gasteiger partial charge in [-0.1, -0.05) is 151 Å². The first-order valence-corrected chi connectivity index (χ1v) is 16.0. The number of rotatable bonds is 5. The summed E-state index contributed by atoms with van der Waals surface area (Å²) < 4.78 is 5.90. The highest BCUT2D eigenvalue weighted by Crippen LogP contribution is 2.29. The number of hydrogen-bond acceptors (Lipinski definition) is 4. The highest BCUT2D eigenvalue weighted by molar-refractivity contribution is 5.53. The van der Waals surface area contributed by atoms with Crippen LogP contribution in [0.5, 0.6) is 0 Å². The van der Waals surface area contributed by atoms with Crippen LogP contribution in [0.1, 0.15) is 147 Å². The molecule has 2 aliphatic rings. The van der Waals surface area contributed by atoms with Crippen LogP contribution in [-0.4, -0.2) is 27.1 Å². The molecular weight excluding hydrogens is 454 g/mol. The topological polar surface area (TPSA) is 42.2 Å². The fraction of sp³-hybridized carbons (Fsp3) is 0.758. The van der Waals surface area contributed by atoms with Crippen molar-refractivity contribution in [3.05, 3.63) is 36.2 Å². The van der Waals surface area contributed by atoms with Gasteiger partial charge in [-0.25, -0.2) is 0 Å². The second kappa shape index (κ2) is 17.0. The summed E-state index contributed by atoms with van der Waals surface area (Å²) in [5.74, 6) is 1.53. The largest absolute Gasteiger partial charge is 0.338 e. The van der Waals surface area contributed by atoms with Gasteiger partial charge in [0, 0.05) is 17.6 Å². The van der Waals surface area contributed by atoms with Crippen molar-refractivity contribution in [3.63, 3.8) is 0 Å². The lowest BCUT2D eigenvalue weighted by molar-refractivity contribution is 0.0775. The zero-order valence-electron chi connectivity index (χ0n) is 23.6. The molecule has 1 aromatic carbocycles. The van der Waals surface area contributed by atoms with Gasteiger partial charge in [-0.3, -0.25) is 4.90 Å². The number of nitrogens with zero attached hydrogens (tertiary/aromatic N) is 3. The maximum absolute atomic E-state index is 5.90. The Kier molecular flexibility index (Phi) is 13.0. The van der Waals surface area contributed by atoms with E-state index >= 15 is 0 Å². The highest BCUT2D eigenvalue weighted by Gasteiger charge is 2.28. The van der Waals surface area contributed by atoms with Crippen molar-refractivity contribution in [1.82, 2.24) is 15.0 Å². The van der Waals surface area contributed by atoms with Crippen molar-refractivity contribution in [2.75, 3.05) is 0 Å². The molecule has 0 atom stereocenters. The zero-order valence-corrected chi connectivity index (χ0v) is 23.6. The molecule has 1 aromatic heterocycles. The lowest BCUT2D eigenvalue weighted by Crippen LogP contribution is -2.43. The van der Waals surface area contributed by atoms with Crippen molar-refractivity contribution in [3.8, 4) is 11.4 Å². The summed E-state index contributed by atoms with van der Waals surface area (Å²) in [7, 11) is 0. The molecule has 0 N–H and O–H groups in total. The second-order valence-electron chi connectivity index (χ2n) is 11.9. The van der Waals surface area contributed by atoms with Gasteiger partial charge in [0.05, 0.1) is 6.54 Å². The van der Waals surface area contributed by atoms with Gasteiger partial charge in [-0.2, -0.15) is 4.98 Å². The molecule has 0 bridgehead atoms. The number of hydrogen-bond donors (Lipinski definition) is 0. The molecule has 2 aromatic rings. The molecule has 0 radical (unpaired) electrons. The molecule has 4 heteroatoms. The van der Waals surface area contributed by atoms with Gasteiger partial charge in [0.25, 0.3) is 0 Å². The third-order valence-corrected chi connectivity index (χ3v) is 8.91. The summed E-state index contributed by atoms with van der Waals surface area (Å²) >= 11 is 0. The van der Waals surface area contributed by atoms with E-state index in [2.05, 4.69) is 22.2 Å². The quantitative estimate of drug-likeness (QED) is 0.404. The lowest BCUT2D eigenvalue weighted by atomic mass is 9.92. The Morgan fingerprint density at radius 3 is 1.41 bits per heavy atom. The van der Waals surface area contributed by atoms with Crippen molar-refractivity contribution < 1.29 is 4.52 Å². The van der Waals surface area contributed by atoms with Gasteiger partial charge < -0.3 is 4.52 Å². The average Bonchev–Trinajstić information content (AvgIpc) is 3.38. The first-order valence-electron chi connectivity index (χ1n) is 16.0. The Bertz CT molecular complexity index is 781. The Hall–Kier alpha value is -1.68. The predicted molar refractivity (Wildman–Crippen MR) is 154 cm³/mol. The fourth-order valence-corrected chi connectivity index (χ4v) is 6.68. The van der Waals surface area contributed by atoms with E-state index in [0.29, 0.717) is 12.1 Å². The highest BCUT2D eigenvalue weighted by atomic mass is 16.5. The molecule has 0 unspecified atom stereocenters. The molecule has 4 nitrogen and oxygen atoms in total. The van der Waals surface area contributed by atoms with Crippen LogP contribution < -0.4 is 0 Å². The van der Waals surface area contributed by atoms with Crippen molar-refractivity contribution in [1.29, 1.82) is 0 Å². The number of aromatic nitrogens is 2. The van der Waals surface area contributed by atoms with Gasteiger partial charge in [0.2, 0.25) is 11.7 Å². The van der Waals surface area contributed by atoms with Crippen LogP contribution in [-0.2, 0) is 6.54 Å². The molecule has 206 valence electrons. The predicted octanol–water partition coefficient (Wildman–Crippen LogP) is 9.89. The Labute approximate surface area is 227 Å². The van der Waals surface area contributed by atoms with E-state index < -0.39 is 0 Å². The van der Waals surface area contributed by atoms with E-state index in [1.54, 1.807) is 0 Å². The van der Waals surface area contributed by atoms with E-state index in [1.165, 1.54) is 141 Å². The van der Waals surface area contributed by atoms with Crippen LogP contribution in [0.4, 0.5) is 0 Å². The van der Waals surface area contributed by atoms with E-state index in [1.807, 2.05) is 18.2 Å². The van der Waals surface area contributed by atoms with Gasteiger partial charge in [-0.15, -0.1) is 0 Å². The normalized spacial score (nSPS) is 21.4. The third-order valence-electron chi connectivity index (χ3n) is 8.91. The second-order valence-corrected chi connectivity index (χ2v) is 11.9. The SMILES string of the molecule is c1ccc(-c2noc(CN(C3CCCCCCCCCCC3)C3CCCCCCCCCCC3)n2)cc1. The Morgan fingerprint density at radius 2 is 0.973 bits per heavy atom. The minimum absolute atomic E-state index is 0.643. The monoisotopic (exact) mass is 507 g/mol. The Balaban J connectivity index is 1.51. The Morgan fingerprint density at radius 1 is 0.568 bits per heavy atom. The van der Waals surface area contributed by atoms with Gasteiger partial charge in [0.1, 0.15) is 0 Å². The standard InChI is InChI=1S/C33H53N3O/c1-3-7-11-18-24-30(25-19-12-8-4-1)36(31-26-20-13-9-5-2-6-10-14-21-27-31)28-32-34-33(35-37-32)29-22-16-15-17-23-29/h15-17,22-23,30-31H,1-14,18-21,24-28H2. The first-order chi connectivity index (χ1) is 18.4. The minimum Gasteiger partial charge on any atom is -0.338 e. The fourth-order valence-electron chi connectivity index (χ4n) is 6.68. The summed E-state index contributed by atoms with van der Waals surface area (Å²) in [6, 6.07) is 11.6. The van der Waals surface area contributed by atoms with E-state index in [9.17, 15) is 0 Å². The van der Waals surface area contributed by atoms with Gasteiger partial charge >= 0.3 is 0 Å². The van der Waals surface area contributed by atoms with Crippen molar-refractivity contribution in [2.45, 2.75) is 160 Å². The van der Waals surface area contributed by atoms with Crippen molar-refractivity contribution >= 4 is 0 Å². The summed E-state index contributed by atoms with van der Waals surface area (Å²) in [4.78, 5) is 7.76. The average molecular weight is 508 g/mol. The van der Waals surface area contributed by atoms with E-state index in [-0.39, 0.29) is 0 Å². The molecule has 0 amide bonds. The van der Waals surface area contributed by atoms with Crippen LogP contribution >= 0.6 is 0 Å². The molecule has 37 heavy (non-hydrogen) atoms. The smallest absolute Gasteiger partial charge is 0.241 e. The third kappa shape index (κ3) is 10.2. The molecule has 2 aliphatic carbocycles. The molecule has 0 aliphatic heterocycles. The zero-order chi connectivity index (χ0) is 25.4. The van der Waals surface area contributed by atoms with Crippen LogP contribution in [0, 0.1) is 0 Å². The molecule has 4 rings (SSSR count). The summed E-state index contributed by atoms with van der Waals surface area (Å²) in [5, 5.41) is 4.38. The molecule has 0 saturated heterocycles. The van der Waals surface area contributed by atoms with Crippen LogP contribution in [0.2, 0.25) is 0 Å². The van der Waals surface area contributed by atoms with E-state index in [4.69, 9.17) is 9.51 Å². The summed E-state index contributed by atoms with van der Waals surface area (Å²) in [5.41, 5.74) is 1.04. The molecular formula is C33H53N3O. The minimum atomic E-state index is 0.643. The maximum atomic E-state index is 5.90. The van der Waals surface area contributed by atoms with Crippen LogP contribution in [0.3, 0.4) is 0 Å². The molecule has 2 fully saturated rings. The van der Waals surface area contributed by atoms with Crippen molar-refractivity contribution in [2.24, 2.45) is 0 Å². The lowest BCUT2D eigenvalue weighted by Gasteiger charge is -2.38. The molecule has 0 spiro atoms.